The minimum atomic E-state index is -0.651. The first kappa shape index (κ1) is 14.9. The van der Waals surface area contributed by atoms with Gasteiger partial charge in [0.1, 0.15) is 11.6 Å². The van der Waals surface area contributed by atoms with Gasteiger partial charge < -0.3 is 5.32 Å². The molecule has 0 aromatic heterocycles. The van der Waals surface area contributed by atoms with Crippen molar-refractivity contribution in [3.8, 4) is 0 Å². The molecule has 0 fully saturated rings. The number of hydrogen-bond acceptors (Lipinski definition) is 3. The summed E-state index contributed by atoms with van der Waals surface area (Å²) >= 11 is 0. The number of nitrogens with zero attached hydrogens (tertiary/aromatic N) is 1. The predicted molar refractivity (Wildman–Crippen MR) is 76.2 cm³/mol. The van der Waals surface area contributed by atoms with E-state index in [1.54, 1.807) is 12.1 Å². The van der Waals surface area contributed by atoms with Crippen LogP contribution in [0.3, 0.4) is 0 Å². The molecule has 0 saturated carbocycles. The molecule has 2 rings (SSSR count). The SMILES string of the molecule is CCc1ccc(NCc2ccc(F)cc2F)cc1[N+](=O)[O-]. The summed E-state index contributed by atoms with van der Waals surface area (Å²) in [5.74, 6) is -1.29. The predicted octanol–water partition coefficient (Wildman–Crippen LogP) is 4.05. The zero-order chi connectivity index (χ0) is 15.4. The highest BCUT2D eigenvalue weighted by atomic mass is 19.1. The fraction of sp³-hybridized carbons (Fsp3) is 0.200. The number of anilines is 1. The molecule has 0 bridgehead atoms. The van der Waals surface area contributed by atoms with Crippen LogP contribution in [-0.4, -0.2) is 4.92 Å². The highest BCUT2D eigenvalue weighted by molar-refractivity contribution is 5.55. The van der Waals surface area contributed by atoms with Crippen molar-refractivity contribution in [3.63, 3.8) is 0 Å². The van der Waals surface area contributed by atoms with Crippen LogP contribution in [-0.2, 0) is 13.0 Å². The summed E-state index contributed by atoms with van der Waals surface area (Å²) in [5, 5.41) is 13.9. The second-order valence-electron chi connectivity index (χ2n) is 4.54. The molecule has 0 atom stereocenters. The largest absolute Gasteiger partial charge is 0.381 e. The number of halogens is 2. The molecule has 6 heteroatoms. The van der Waals surface area contributed by atoms with Crippen LogP contribution in [0.2, 0.25) is 0 Å². The van der Waals surface area contributed by atoms with E-state index >= 15 is 0 Å². The van der Waals surface area contributed by atoms with E-state index in [9.17, 15) is 18.9 Å². The quantitative estimate of drug-likeness (QED) is 0.668. The van der Waals surface area contributed by atoms with E-state index in [4.69, 9.17) is 0 Å². The third-order valence-corrected chi connectivity index (χ3v) is 3.16. The average Bonchev–Trinajstić information content (AvgIpc) is 2.46. The normalized spacial score (nSPS) is 10.4. The van der Waals surface area contributed by atoms with Gasteiger partial charge in [-0.25, -0.2) is 8.78 Å². The lowest BCUT2D eigenvalue weighted by Gasteiger charge is -2.09. The van der Waals surface area contributed by atoms with Crippen molar-refractivity contribution >= 4 is 11.4 Å². The monoisotopic (exact) mass is 292 g/mol. The fourth-order valence-corrected chi connectivity index (χ4v) is 2.01. The van der Waals surface area contributed by atoms with Crippen molar-refractivity contribution in [1.82, 2.24) is 0 Å². The Hall–Kier alpha value is -2.50. The Morgan fingerprint density at radius 1 is 1.14 bits per heavy atom. The van der Waals surface area contributed by atoms with Crippen LogP contribution in [0.15, 0.2) is 36.4 Å². The first-order chi connectivity index (χ1) is 10.0. The molecule has 21 heavy (non-hydrogen) atoms. The maximum Gasteiger partial charge on any atom is 0.274 e. The van der Waals surface area contributed by atoms with Gasteiger partial charge in [-0.1, -0.05) is 19.1 Å². The Morgan fingerprint density at radius 2 is 1.86 bits per heavy atom. The molecule has 0 radical (unpaired) electrons. The number of aryl methyl sites for hydroxylation is 1. The molecule has 1 N–H and O–H groups in total. The van der Waals surface area contributed by atoms with Crippen molar-refractivity contribution in [2.45, 2.75) is 19.9 Å². The van der Waals surface area contributed by atoms with Crippen LogP contribution in [0, 0.1) is 21.7 Å². The first-order valence-corrected chi connectivity index (χ1v) is 6.46. The molecule has 4 nitrogen and oxygen atoms in total. The number of rotatable bonds is 5. The maximum absolute atomic E-state index is 13.5. The van der Waals surface area contributed by atoms with Gasteiger partial charge in [-0.15, -0.1) is 0 Å². The highest BCUT2D eigenvalue weighted by Gasteiger charge is 2.13. The Balaban J connectivity index is 2.16. The molecule has 0 aliphatic heterocycles. The first-order valence-electron chi connectivity index (χ1n) is 6.46. The molecule has 0 aliphatic rings. The summed E-state index contributed by atoms with van der Waals surface area (Å²) in [7, 11) is 0. The highest BCUT2D eigenvalue weighted by Crippen LogP contribution is 2.24. The van der Waals surface area contributed by atoms with Crippen molar-refractivity contribution in [2.75, 3.05) is 5.32 Å². The van der Waals surface area contributed by atoms with Gasteiger partial charge in [0.25, 0.3) is 5.69 Å². The van der Waals surface area contributed by atoms with Gasteiger partial charge in [-0.05, 0) is 18.6 Å². The molecule has 0 heterocycles. The van der Waals surface area contributed by atoms with E-state index in [0.29, 0.717) is 23.2 Å². The molecule has 0 amide bonds. The number of hydrogen-bond donors (Lipinski definition) is 1. The van der Waals surface area contributed by atoms with Crippen molar-refractivity contribution in [2.24, 2.45) is 0 Å². The zero-order valence-electron chi connectivity index (χ0n) is 11.4. The maximum atomic E-state index is 13.5. The third kappa shape index (κ3) is 3.53. The smallest absolute Gasteiger partial charge is 0.274 e. The van der Waals surface area contributed by atoms with Gasteiger partial charge >= 0.3 is 0 Å². The number of benzene rings is 2. The third-order valence-electron chi connectivity index (χ3n) is 3.16. The van der Waals surface area contributed by atoms with Crippen LogP contribution in [0.1, 0.15) is 18.1 Å². The topological polar surface area (TPSA) is 55.2 Å². The Labute approximate surface area is 120 Å². The molecular weight excluding hydrogens is 278 g/mol. The molecule has 0 unspecified atom stereocenters. The molecule has 2 aromatic carbocycles. The van der Waals surface area contributed by atoms with Crippen LogP contribution >= 0.6 is 0 Å². The van der Waals surface area contributed by atoms with Crippen LogP contribution in [0.5, 0.6) is 0 Å². The van der Waals surface area contributed by atoms with Gasteiger partial charge in [0.05, 0.1) is 4.92 Å². The van der Waals surface area contributed by atoms with Gasteiger partial charge in [0, 0.05) is 35.5 Å². The van der Waals surface area contributed by atoms with E-state index in [2.05, 4.69) is 5.32 Å². The molecule has 0 saturated heterocycles. The van der Waals surface area contributed by atoms with E-state index < -0.39 is 16.6 Å². The summed E-state index contributed by atoms with van der Waals surface area (Å²) in [6.45, 7) is 1.96. The molecule has 110 valence electrons. The second kappa shape index (κ2) is 6.30. The number of nitro benzene ring substituents is 1. The van der Waals surface area contributed by atoms with Crippen molar-refractivity contribution < 1.29 is 13.7 Å². The van der Waals surface area contributed by atoms with Crippen LogP contribution in [0.4, 0.5) is 20.2 Å². The van der Waals surface area contributed by atoms with E-state index in [1.165, 1.54) is 18.2 Å². The minimum Gasteiger partial charge on any atom is -0.381 e. The summed E-state index contributed by atoms with van der Waals surface area (Å²) in [4.78, 5) is 10.5. The van der Waals surface area contributed by atoms with Crippen LogP contribution in [0.25, 0.3) is 0 Å². The van der Waals surface area contributed by atoms with Crippen molar-refractivity contribution in [1.29, 1.82) is 0 Å². The zero-order valence-corrected chi connectivity index (χ0v) is 11.4. The lowest BCUT2D eigenvalue weighted by molar-refractivity contribution is -0.385. The van der Waals surface area contributed by atoms with Crippen LogP contribution < -0.4 is 5.32 Å². The van der Waals surface area contributed by atoms with Gasteiger partial charge in [0.2, 0.25) is 0 Å². The van der Waals surface area contributed by atoms with E-state index in [-0.39, 0.29) is 12.2 Å². The standard InChI is InChI=1S/C15H14F2N2O2/c1-2-10-4-6-13(8-15(10)19(20)21)18-9-11-3-5-12(16)7-14(11)17/h3-8,18H,2,9H2,1H3. The Kier molecular flexibility index (Phi) is 4.47. The summed E-state index contributed by atoms with van der Waals surface area (Å²) in [6, 6.07) is 8.10. The molecule has 0 spiro atoms. The van der Waals surface area contributed by atoms with Gasteiger partial charge in [-0.3, -0.25) is 10.1 Å². The second-order valence-corrected chi connectivity index (χ2v) is 4.54. The Bertz CT molecular complexity index is 675. The lowest BCUT2D eigenvalue weighted by atomic mass is 10.1. The average molecular weight is 292 g/mol. The lowest BCUT2D eigenvalue weighted by Crippen LogP contribution is -2.03. The number of nitro groups is 1. The van der Waals surface area contributed by atoms with Gasteiger partial charge in [-0.2, -0.15) is 0 Å². The molecule has 2 aromatic rings. The summed E-state index contributed by atoms with van der Waals surface area (Å²) < 4.78 is 26.3. The number of nitrogens with one attached hydrogen (secondary N) is 1. The van der Waals surface area contributed by atoms with E-state index in [0.717, 1.165) is 6.07 Å². The summed E-state index contributed by atoms with van der Waals surface area (Å²) in [5.41, 5.74) is 1.47. The minimum absolute atomic E-state index is 0.0297. The van der Waals surface area contributed by atoms with E-state index in [1.807, 2.05) is 6.92 Å². The Morgan fingerprint density at radius 3 is 2.48 bits per heavy atom. The molecular formula is C15H14F2N2O2. The molecule has 0 aliphatic carbocycles. The fourth-order valence-electron chi connectivity index (χ4n) is 2.01. The van der Waals surface area contributed by atoms with Crippen molar-refractivity contribution in [3.05, 3.63) is 69.3 Å². The summed E-state index contributed by atoms with van der Waals surface area (Å²) in [6.07, 6.45) is 0.559. The van der Waals surface area contributed by atoms with Gasteiger partial charge in [0.15, 0.2) is 0 Å².